The summed E-state index contributed by atoms with van der Waals surface area (Å²) in [5, 5.41) is 9.41. The number of aryl methyl sites for hydroxylation is 1. The number of hydrogen-bond donors (Lipinski definition) is 2. The van der Waals surface area contributed by atoms with E-state index in [4.69, 9.17) is 0 Å². The molecule has 0 unspecified atom stereocenters. The van der Waals surface area contributed by atoms with Gasteiger partial charge >= 0.3 is 0 Å². The second kappa shape index (κ2) is 8.35. The Hall–Kier alpha value is -3.89. The highest BCUT2D eigenvalue weighted by atomic mass is 32.2. The van der Waals surface area contributed by atoms with E-state index in [1.165, 1.54) is 10.1 Å². The number of pyridine rings is 1. The van der Waals surface area contributed by atoms with E-state index in [0.29, 0.717) is 23.1 Å². The van der Waals surface area contributed by atoms with Crippen LogP contribution in [0.4, 0.5) is 5.69 Å². The van der Waals surface area contributed by atoms with Gasteiger partial charge in [0.05, 0.1) is 29.7 Å². The van der Waals surface area contributed by atoms with Crippen LogP contribution in [0.3, 0.4) is 0 Å². The Morgan fingerprint density at radius 3 is 2.83 bits per heavy atom. The Bertz CT molecular complexity index is 1940. The standard InChI is InChI=1S/C26H23N5O3S2/c1-3-36(33,34)29-22-11-18(21-15-30(2)24-19(21)7-9-27-26(24)32)12-23-20(22)13-28-31(23)14-17-6-4-5-16-8-10-35-25(16)17/h4-13,15,29H,3,14H2,1-2H3,(H,27,32). The zero-order chi connectivity index (χ0) is 25.0. The molecule has 0 atom stereocenters. The van der Waals surface area contributed by atoms with Crippen molar-refractivity contribution in [3.63, 3.8) is 0 Å². The van der Waals surface area contributed by atoms with Crippen LogP contribution in [0.2, 0.25) is 0 Å². The van der Waals surface area contributed by atoms with E-state index < -0.39 is 10.0 Å². The van der Waals surface area contributed by atoms with Crippen molar-refractivity contribution in [2.45, 2.75) is 13.5 Å². The summed E-state index contributed by atoms with van der Waals surface area (Å²) >= 11 is 1.69. The summed E-state index contributed by atoms with van der Waals surface area (Å²) in [5.74, 6) is -0.0448. The summed E-state index contributed by atoms with van der Waals surface area (Å²) in [5.41, 5.74) is 4.42. The fourth-order valence-electron chi connectivity index (χ4n) is 4.72. The maximum Gasteiger partial charge on any atom is 0.272 e. The van der Waals surface area contributed by atoms with Crippen molar-refractivity contribution in [1.82, 2.24) is 19.3 Å². The highest BCUT2D eigenvalue weighted by Gasteiger charge is 2.18. The number of hydrogen-bond acceptors (Lipinski definition) is 5. The Kier molecular flexibility index (Phi) is 5.24. The van der Waals surface area contributed by atoms with Gasteiger partial charge in [-0.3, -0.25) is 14.2 Å². The first-order valence-electron chi connectivity index (χ1n) is 11.5. The van der Waals surface area contributed by atoms with E-state index in [1.54, 1.807) is 35.2 Å². The Morgan fingerprint density at radius 2 is 2.00 bits per heavy atom. The lowest BCUT2D eigenvalue weighted by Crippen LogP contribution is -2.14. The second-order valence-electron chi connectivity index (χ2n) is 8.74. The zero-order valence-electron chi connectivity index (χ0n) is 19.6. The van der Waals surface area contributed by atoms with Gasteiger partial charge in [-0.15, -0.1) is 11.3 Å². The molecule has 8 nitrogen and oxygen atoms in total. The van der Waals surface area contributed by atoms with Gasteiger partial charge in [-0.1, -0.05) is 18.2 Å². The molecule has 0 fully saturated rings. The molecule has 4 heterocycles. The molecule has 0 saturated heterocycles. The molecule has 6 aromatic rings. The van der Waals surface area contributed by atoms with Gasteiger partial charge in [-0.05, 0) is 53.1 Å². The number of fused-ring (bicyclic) bond motifs is 3. The van der Waals surface area contributed by atoms with Crippen LogP contribution in [0.25, 0.3) is 43.0 Å². The highest BCUT2D eigenvalue weighted by Crippen LogP contribution is 2.36. The molecule has 0 aliphatic rings. The summed E-state index contributed by atoms with van der Waals surface area (Å²) in [7, 11) is -1.70. The van der Waals surface area contributed by atoms with Gasteiger partial charge in [0.15, 0.2) is 0 Å². The van der Waals surface area contributed by atoms with Crippen LogP contribution in [0.5, 0.6) is 0 Å². The van der Waals surface area contributed by atoms with Crippen molar-refractivity contribution >= 4 is 58.9 Å². The van der Waals surface area contributed by atoms with Gasteiger partial charge in [-0.25, -0.2) is 8.42 Å². The molecule has 0 amide bonds. The monoisotopic (exact) mass is 517 g/mol. The number of nitrogens with one attached hydrogen (secondary N) is 2. The van der Waals surface area contributed by atoms with Crippen LogP contribution in [-0.2, 0) is 23.6 Å². The van der Waals surface area contributed by atoms with Crippen LogP contribution in [0.15, 0.2) is 71.2 Å². The minimum Gasteiger partial charge on any atom is -0.345 e. The van der Waals surface area contributed by atoms with E-state index in [9.17, 15) is 13.2 Å². The Labute approximate surface area is 210 Å². The largest absolute Gasteiger partial charge is 0.345 e. The lowest BCUT2D eigenvalue weighted by molar-refractivity contribution is 0.602. The molecular weight excluding hydrogens is 494 g/mol. The third-order valence-electron chi connectivity index (χ3n) is 6.50. The van der Waals surface area contributed by atoms with E-state index in [1.807, 2.05) is 42.2 Å². The molecule has 0 aliphatic carbocycles. The topological polar surface area (TPSA) is 102 Å². The Morgan fingerprint density at radius 1 is 1.14 bits per heavy atom. The molecule has 4 aromatic heterocycles. The fourth-order valence-corrected chi connectivity index (χ4v) is 6.27. The molecule has 2 N–H and O–H groups in total. The average Bonchev–Trinajstić information content (AvgIpc) is 3.57. The number of benzene rings is 2. The molecule has 36 heavy (non-hydrogen) atoms. The zero-order valence-corrected chi connectivity index (χ0v) is 21.3. The van der Waals surface area contributed by atoms with Crippen molar-refractivity contribution in [1.29, 1.82) is 0 Å². The number of anilines is 1. The van der Waals surface area contributed by atoms with E-state index in [0.717, 1.165) is 27.6 Å². The SMILES string of the molecule is CCS(=O)(=O)Nc1cc(-c2cn(C)c3c(=O)[nH]ccc23)cc2c1cnn2Cc1cccc2ccsc12. The minimum absolute atomic E-state index is 0.0448. The van der Waals surface area contributed by atoms with Crippen molar-refractivity contribution in [2.24, 2.45) is 7.05 Å². The predicted molar refractivity (Wildman–Crippen MR) is 146 cm³/mol. The quantitative estimate of drug-likeness (QED) is 0.328. The molecule has 0 spiro atoms. The second-order valence-corrected chi connectivity index (χ2v) is 11.7. The van der Waals surface area contributed by atoms with E-state index >= 15 is 0 Å². The number of nitrogens with zero attached hydrogens (tertiary/aromatic N) is 3. The number of aromatic nitrogens is 4. The normalized spacial score (nSPS) is 12.2. The molecule has 0 saturated carbocycles. The van der Waals surface area contributed by atoms with Gasteiger partial charge in [-0.2, -0.15) is 5.10 Å². The molecular formula is C26H23N5O3S2. The van der Waals surface area contributed by atoms with Crippen molar-refractivity contribution < 1.29 is 8.42 Å². The smallest absolute Gasteiger partial charge is 0.272 e. The first-order chi connectivity index (χ1) is 17.3. The summed E-state index contributed by atoms with van der Waals surface area (Å²) in [6, 6.07) is 14.0. The molecule has 6 rings (SSSR count). The van der Waals surface area contributed by atoms with Crippen molar-refractivity contribution in [3.05, 3.63) is 82.4 Å². The maximum atomic E-state index is 12.5. The van der Waals surface area contributed by atoms with Crippen molar-refractivity contribution in [3.8, 4) is 11.1 Å². The van der Waals surface area contributed by atoms with Crippen LogP contribution < -0.4 is 10.3 Å². The van der Waals surface area contributed by atoms with Crippen LogP contribution in [0, 0.1) is 0 Å². The molecule has 10 heteroatoms. The lowest BCUT2D eigenvalue weighted by atomic mass is 10.0. The summed E-state index contributed by atoms with van der Waals surface area (Å²) in [6.07, 6.45) is 5.22. The van der Waals surface area contributed by atoms with Crippen LogP contribution >= 0.6 is 11.3 Å². The van der Waals surface area contributed by atoms with Gasteiger partial charge in [0.2, 0.25) is 10.0 Å². The maximum absolute atomic E-state index is 12.5. The van der Waals surface area contributed by atoms with E-state index in [2.05, 4.69) is 38.4 Å². The Balaban J connectivity index is 1.58. The summed E-state index contributed by atoms with van der Waals surface area (Å²) in [4.78, 5) is 15.2. The van der Waals surface area contributed by atoms with Gasteiger partial charge in [0, 0.05) is 40.5 Å². The number of thiophene rings is 1. The summed E-state index contributed by atoms with van der Waals surface area (Å²) in [6.45, 7) is 2.14. The molecule has 0 bridgehead atoms. The first kappa shape index (κ1) is 22.6. The van der Waals surface area contributed by atoms with Gasteiger partial charge < -0.3 is 9.55 Å². The molecule has 0 radical (unpaired) electrons. The molecule has 182 valence electrons. The summed E-state index contributed by atoms with van der Waals surface area (Å²) < 4.78 is 32.7. The molecule has 0 aliphatic heterocycles. The third-order valence-corrected chi connectivity index (χ3v) is 8.80. The third kappa shape index (κ3) is 3.69. The minimum atomic E-state index is -3.52. The van der Waals surface area contributed by atoms with Gasteiger partial charge in [0.1, 0.15) is 5.52 Å². The van der Waals surface area contributed by atoms with Crippen LogP contribution in [-0.4, -0.2) is 33.5 Å². The van der Waals surface area contributed by atoms with Crippen LogP contribution in [0.1, 0.15) is 12.5 Å². The number of aromatic amines is 1. The first-order valence-corrected chi connectivity index (χ1v) is 14.0. The number of H-pyrrole nitrogens is 1. The lowest BCUT2D eigenvalue weighted by Gasteiger charge is -2.12. The van der Waals surface area contributed by atoms with Crippen molar-refractivity contribution in [2.75, 3.05) is 10.5 Å². The predicted octanol–water partition coefficient (Wildman–Crippen LogP) is 4.91. The number of sulfonamides is 1. The highest BCUT2D eigenvalue weighted by molar-refractivity contribution is 7.92. The fraction of sp³-hybridized carbons (Fsp3) is 0.154. The molecule has 2 aromatic carbocycles. The number of rotatable bonds is 6. The van der Waals surface area contributed by atoms with E-state index in [-0.39, 0.29) is 11.3 Å². The van der Waals surface area contributed by atoms with Gasteiger partial charge in [0.25, 0.3) is 5.56 Å². The average molecular weight is 518 g/mol.